The van der Waals surface area contributed by atoms with Gasteiger partial charge in [-0.05, 0) is 47.3 Å². The zero-order valence-electron chi connectivity index (χ0n) is 12.1. The maximum atomic E-state index is 2.58. The third-order valence-electron chi connectivity index (χ3n) is 6.30. The van der Waals surface area contributed by atoms with E-state index in [4.69, 9.17) is 0 Å². The first-order chi connectivity index (χ1) is 7.41. The molecule has 0 saturated heterocycles. The lowest BCUT2D eigenvalue weighted by molar-refractivity contribution is -0.0719. The van der Waals surface area contributed by atoms with Gasteiger partial charge in [0.05, 0.1) is 0 Å². The highest BCUT2D eigenvalue weighted by atomic mass is 14.8. The number of unbranched alkanes of at least 4 members (excludes halogenated alkanes) is 1. The average molecular weight is 222 g/mol. The van der Waals surface area contributed by atoms with Crippen molar-refractivity contribution in [1.29, 1.82) is 0 Å². The molecule has 0 N–H and O–H groups in total. The lowest BCUT2D eigenvalue weighted by Crippen LogP contribution is -2.49. The van der Waals surface area contributed by atoms with E-state index in [1.165, 1.54) is 25.7 Å². The van der Waals surface area contributed by atoms with E-state index >= 15 is 0 Å². The lowest BCUT2D eigenvalue weighted by Gasteiger charge is -2.55. The molecule has 0 heterocycles. The van der Waals surface area contributed by atoms with Crippen molar-refractivity contribution in [2.75, 3.05) is 0 Å². The largest absolute Gasteiger partial charge is 0.0654 e. The van der Waals surface area contributed by atoms with E-state index in [1.54, 1.807) is 0 Å². The molecule has 0 amide bonds. The predicted octanol–water partition coefficient (Wildman–Crippen LogP) is 5.13. The van der Waals surface area contributed by atoms with E-state index in [2.05, 4.69) is 41.5 Å². The van der Waals surface area contributed by atoms with Gasteiger partial charge in [0.2, 0.25) is 0 Å². The van der Waals surface area contributed by atoms with Gasteiger partial charge in [0.15, 0.2) is 0 Å². The monoisotopic (exact) mass is 222 g/mol. The predicted molar refractivity (Wildman–Crippen MR) is 71.3 cm³/mol. The van der Waals surface area contributed by atoms with Crippen LogP contribution in [-0.4, -0.2) is 0 Å². The number of hydrogen-bond acceptors (Lipinski definition) is 0. The van der Waals surface area contributed by atoms with Crippen LogP contribution in [0.25, 0.3) is 0 Å². The first-order valence-electron chi connectivity index (χ1n) is 7.41. The van der Waals surface area contributed by atoms with Crippen molar-refractivity contribution in [1.82, 2.24) is 0 Å². The molecule has 2 fully saturated rings. The summed E-state index contributed by atoms with van der Waals surface area (Å²) in [6.07, 6.45) is 5.75. The Hall–Kier alpha value is 0. The fourth-order valence-electron chi connectivity index (χ4n) is 5.47. The van der Waals surface area contributed by atoms with Gasteiger partial charge in [0.1, 0.15) is 0 Å². The zero-order chi connectivity index (χ0) is 12.1. The van der Waals surface area contributed by atoms with Crippen molar-refractivity contribution in [2.24, 2.45) is 34.5 Å². The van der Waals surface area contributed by atoms with Gasteiger partial charge in [0.25, 0.3) is 0 Å². The van der Waals surface area contributed by atoms with Gasteiger partial charge < -0.3 is 0 Å². The topological polar surface area (TPSA) is 0 Å². The summed E-state index contributed by atoms with van der Waals surface area (Å²) >= 11 is 0. The van der Waals surface area contributed by atoms with Crippen LogP contribution < -0.4 is 0 Å². The molecule has 5 atom stereocenters. The zero-order valence-corrected chi connectivity index (χ0v) is 12.1. The third-order valence-corrected chi connectivity index (χ3v) is 6.30. The molecule has 0 aromatic carbocycles. The molecule has 0 nitrogen and oxygen atoms in total. The van der Waals surface area contributed by atoms with Gasteiger partial charge in [0, 0.05) is 0 Å². The molecule has 0 aliphatic heterocycles. The summed E-state index contributed by atoms with van der Waals surface area (Å²) in [5, 5.41) is 0. The van der Waals surface area contributed by atoms with E-state index in [-0.39, 0.29) is 0 Å². The first kappa shape index (κ1) is 12.5. The fraction of sp³-hybridized carbons (Fsp3) is 1.00. The van der Waals surface area contributed by atoms with Crippen LogP contribution in [0.5, 0.6) is 0 Å². The highest BCUT2D eigenvalue weighted by molar-refractivity contribution is 5.28. The quantitative estimate of drug-likeness (QED) is 0.605. The van der Waals surface area contributed by atoms with Crippen molar-refractivity contribution in [3.8, 4) is 0 Å². The van der Waals surface area contributed by atoms with Gasteiger partial charge in [-0.3, -0.25) is 0 Å². The minimum Gasteiger partial charge on any atom is -0.0654 e. The molecular formula is C16H30. The molecule has 0 aromatic rings. The molecule has 0 heteroatoms. The second-order valence-electron chi connectivity index (χ2n) is 7.24. The maximum Gasteiger partial charge on any atom is -0.0204 e. The summed E-state index contributed by atoms with van der Waals surface area (Å²) in [4.78, 5) is 0. The summed E-state index contributed by atoms with van der Waals surface area (Å²) < 4.78 is 0. The van der Waals surface area contributed by atoms with E-state index < -0.39 is 0 Å². The minimum absolute atomic E-state index is 0.696. The van der Waals surface area contributed by atoms with Crippen LogP contribution in [0.1, 0.15) is 67.2 Å². The van der Waals surface area contributed by atoms with Crippen molar-refractivity contribution >= 4 is 0 Å². The van der Waals surface area contributed by atoms with E-state index in [1.807, 2.05) is 0 Å². The highest BCUT2D eigenvalue weighted by Gasteiger charge is 2.80. The van der Waals surface area contributed by atoms with Crippen molar-refractivity contribution in [2.45, 2.75) is 67.2 Å². The molecule has 2 rings (SSSR count). The second-order valence-corrected chi connectivity index (χ2v) is 7.24. The highest BCUT2D eigenvalue weighted by Crippen LogP contribution is 2.85. The summed E-state index contributed by atoms with van der Waals surface area (Å²) in [5.74, 6) is 3.91. The Balaban J connectivity index is 2.15. The Kier molecular flexibility index (Phi) is 2.92. The Bertz CT molecular complexity index is 267. The van der Waals surface area contributed by atoms with Crippen LogP contribution >= 0.6 is 0 Å². The van der Waals surface area contributed by atoms with Crippen LogP contribution in [0, 0.1) is 34.5 Å². The van der Waals surface area contributed by atoms with Crippen molar-refractivity contribution < 1.29 is 0 Å². The van der Waals surface area contributed by atoms with Crippen LogP contribution in [-0.2, 0) is 0 Å². The van der Waals surface area contributed by atoms with Crippen molar-refractivity contribution in [3.05, 3.63) is 0 Å². The van der Waals surface area contributed by atoms with E-state index in [0.717, 1.165) is 23.7 Å². The molecular weight excluding hydrogens is 192 g/mol. The average Bonchev–Trinajstić information content (AvgIpc) is 2.73. The SMILES string of the molecule is CCCCC1(CC(C)C)C(C)C2C(C)C21C. The van der Waals surface area contributed by atoms with Gasteiger partial charge in [-0.25, -0.2) is 0 Å². The molecule has 2 saturated carbocycles. The fourth-order valence-corrected chi connectivity index (χ4v) is 5.47. The Morgan fingerprint density at radius 1 is 1.12 bits per heavy atom. The first-order valence-corrected chi connectivity index (χ1v) is 7.41. The summed E-state index contributed by atoms with van der Waals surface area (Å²) in [7, 11) is 0. The summed E-state index contributed by atoms with van der Waals surface area (Å²) in [5.41, 5.74) is 1.41. The molecule has 94 valence electrons. The maximum absolute atomic E-state index is 2.58. The Morgan fingerprint density at radius 2 is 1.75 bits per heavy atom. The van der Waals surface area contributed by atoms with Crippen LogP contribution in [0.15, 0.2) is 0 Å². The minimum atomic E-state index is 0.696. The number of rotatable bonds is 5. The number of fused-ring (bicyclic) bond motifs is 1. The van der Waals surface area contributed by atoms with Gasteiger partial charge in [-0.15, -0.1) is 0 Å². The second kappa shape index (κ2) is 3.75. The van der Waals surface area contributed by atoms with Crippen LogP contribution in [0.3, 0.4) is 0 Å². The van der Waals surface area contributed by atoms with Gasteiger partial charge in [-0.2, -0.15) is 0 Å². The van der Waals surface area contributed by atoms with Crippen LogP contribution in [0.2, 0.25) is 0 Å². The van der Waals surface area contributed by atoms with Gasteiger partial charge in [-0.1, -0.05) is 54.4 Å². The van der Waals surface area contributed by atoms with Crippen molar-refractivity contribution in [3.63, 3.8) is 0 Å². The Labute approximate surface area is 102 Å². The molecule has 0 bridgehead atoms. The molecule has 2 aliphatic carbocycles. The smallest absolute Gasteiger partial charge is 0.0204 e. The van der Waals surface area contributed by atoms with E-state index in [9.17, 15) is 0 Å². The number of hydrogen-bond donors (Lipinski definition) is 0. The molecule has 0 spiro atoms. The third kappa shape index (κ3) is 1.28. The lowest BCUT2D eigenvalue weighted by atomic mass is 9.49. The summed E-state index contributed by atoms with van der Waals surface area (Å²) in [6, 6.07) is 0. The molecule has 0 aromatic heterocycles. The van der Waals surface area contributed by atoms with E-state index in [0.29, 0.717) is 10.8 Å². The normalized spacial score (nSPS) is 50.1. The molecule has 2 aliphatic rings. The Morgan fingerprint density at radius 3 is 2.12 bits per heavy atom. The van der Waals surface area contributed by atoms with Gasteiger partial charge >= 0.3 is 0 Å². The standard InChI is InChI=1S/C16H30/c1-7-8-9-16(10-11(2)3)13(5)14-12(4)15(14,16)6/h11-14H,7-10H2,1-6H3. The summed E-state index contributed by atoms with van der Waals surface area (Å²) in [6.45, 7) is 14.8. The molecule has 16 heavy (non-hydrogen) atoms. The van der Waals surface area contributed by atoms with Crippen LogP contribution in [0.4, 0.5) is 0 Å². The molecule has 0 radical (unpaired) electrons. The molecule has 5 unspecified atom stereocenters.